The minimum atomic E-state index is -1.09. The number of ether oxygens (including phenoxy) is 1. The summed E-state index contributed by atoms with van der Waals surface area (Å²) >= 11 is 15.4. The first kappa shape index (κ1) is 24.6. The van der Waals surface area contributed by atoms with Gasteiger partial charge in [0.15, 0.2) is 5.69 Å². The van der Waals surface area contributed by atoms with Gasteiger partial charge in [0.2, 0.25) is 5.13 Å². The Balaban J connectivity index is 1.89. The third-order valence-electron chi connectivity index (χ3n) is 4.94. The SMILES string of the molecule is COc1ccc(-c2c(C)nn(-c3nc(-c4ccc(Cl)c(Cl)c4)c(SC(C)C)s3)c2C(=O)O)cc1. The summed E-state index contributed by atoms with van der Waals surface area (Å²) in [6.07, 6.45) is 0. The Morgan fingerprint density at radius 1 is 1.12 bits per heavy atom. The Hall–Kier alpha value is -2.52. The van der Waals surface area contributed by atoms with Crippen molar-refractivity contribution in [2.45, 2.75) is 30.2 Å². The van der Waals surface area contributed by atoms with E-state index < -0.39 is 5.97 Å². The van der Waals surface area contributed by atoms with Gasteiger partial charge in [0.1, 0.15) is 5.75 Å². The maximum absolute atomic E-state index is 12.4. The number of rotatable bonds is 7. The molecule has 34 heavy (non-hydrogen) atoms. The molecule has 2 aromatic heterocycles. The second kappa shape index (κ2) is 10.00. The van der Waals surface area contributed by atoms with E-state index in [-0.39, 0.29) is 5.69 Å². The number of thiazole rings is 1. The minimum absolute atomic E-state index is 0.0539. The summed E-state index contributed by atoms with van der Waals surface area (Å²) in [5.41, 5.74) is 3.44. The fraction of sp³-hybridized carbons (Fsp3) is 0.208. The van der Waals surface area contributed by atoms with E-state index in [1.807, 2.05) is 18.2 Å². The molecule has 2 heterocycles. The first-order valence-electron chi connectivity index (χ1n) is 10.3. The van der Waals surface area contributed by atoms with Gasteiger partial charge in [0.25, 0.3) is 0 Å². The monoisotopic (exact) mass is 533 g/mol. The molecule has 0 unspecified atom stereocenters. The van der Waals surface area contributed by atoms with Crippen molar-refractivity contribution in [2.75, 3.05) is 7.11 Å². The molecule has 0 aliphatic rings. The highest BCUT2D eigenvalue weighted by Gasteiger charge is 2.27. The summed E-state index contributed by atoms with van der Waals surface area (Å²) in [5.74, 6) is -0.400. The van der Waals surface area contributed by atoms with Gasteiger partial charge in [-0.15, -0.1) is 11.8 Å². The quantitative estimate of drug-likeness (QED) is 0.248. The maximum atomic E-state index is 12.4. The molecule has 1 N–H and O–H groups in total. The first-order valence-corrected chi connectivity index (χ1v) is 12.8. The van der Waals surface area contributed by atoms with Crippen LogP contribution in [0.25, 0.3) is 27.5 Å². The number of aryl methyl sites for hydroxylation is 1. The van der Waals surface area contributed by atoms with E-state index in [4.69, 9.17) is 32.9 Å². The zero-order chi connectivity index (χ0) is 24.6. The number of halogens is 2. The van der Waals surface area contributed by atoms with E-state index in [9.17, 15) is 9.90 Å². The molecule has 0 aliphatic heterocycles. The summed E-state index contributed by atoms with van der Waals surface area (Å²) < 4.78 is 7.58. The summed E-state index contributed by atoms with van der Waals surface area (Å²) in [6, 6.07) is 12.6. The van der Waals surface area contributed by atoms with Crippen LogP contribution in [0.4, 0.5) is 0 Å². The van der Waals surface area contributed by atoms with E-state index in [2.05, 4.69) is 18.9 Å². The lowest BCUT2D eigenvalue weighted by Gasteiger charge is -2.05. The van der Waals surface area contributed by atoms with E-state index in [1.165, 1.54) is 16.0 Å². The number of carbonyl (C=O) groups is 1. The minimum Gasteiger partial charge on any atom is -0.497 e. The molecule has 176 valence electrons. The fourth-order valence-electron chi connectivity index (χ4n) is 3.47. The van der Waals surface area contributed by atoms with Crippen molar-refractivity contribution in [2.24, 2.45) is 0 Å². The summed E-state index contributed by atoms with van der Waals surface area (Å²) in [6.45, 7) is 5.97. The number of carboxylic acids is 1. The van der Waals surface area contributed by atoms with Gasteiger partial charge in [0.05, 0.1) is 32.8 Å². The van der Waals surface area contributed by atoms with Crippen molar-refractivity contribution in [3.8, 4) is 33.3 Å². The largest absolute Gasteiger partial charge is 0.497 e. The molecule has 0 spiro atoms. The maximum Gasteiger partial charge on any atom is 0.355 e. The Kier molecular flexibility index (Phi) is 7.23. The van der Waals surface area contributed by atoms with Crippen molar-refractivity contribution in [3.63, 3.8) is 0 Å². The normalized spacial score (nSPS) is 11.3. The molecule has 4 rings (SSSR count). The number of benzene rings is 2. The van der Waals surface area contributed by atoms with Crippen LogP contribution in [0.1, 0.15) is 30.0 Å². The second-order valence-electron chi connectivity index (χ2n) is 7.68. The zero-order valence-corrected chi connectivity index (χ0v) is 21.9. The van der Waals surface area contributed by atoms with E-state index in [0.717, 1.165) is 15.3 Å². The molecule has 0 amide bonds. The van der Waals surface area contributed by atoms with Gasteiger partial charge >= 0.3 is 5.97 Å². The molecule has 0 fully saturated rings. The zero-order valence-electron chi connectivity index (χ0n) is 18.8. The smallest absolute Gasteiger partial charge is 0.355 e. The predicted octanol–water partition coefficient (Wildman–Crippen LogP) is 7.49. The number of hydrogen-bond acceptors (Lipinski definition) is 6. The van der Waals surface area contributed by atoms with Crippen LogP contribution < -0.4 is 4.74 Å². The second-order valence-corrected chi connectivity index (χ2v) is 11.3. The molecule has 0 aliphatic carbocycles. The third kappa shape index (κ3) is 4.81. The highest BCUT2D eigenvalue weighted by atomic mass is 35.5. The van der Waals surface area contributed by atoms with Crippen LogP contribution in [0.5, 0.6) is 5.75 Å². The van der Waals surface area contributed by atoms with Gasteiger partial charge in [0, 0.05) is 16.4 Å². The van der Waals surface area contributed by atoms with Crippen LogP contribution in [0, 0.1) is 6.92 Å². The molecule has 0 radical (unpaired) electrons. The highest BCUT2D eigenvalue weighted by Crippen LogP contribution is 2.42. The standard InChI is InChI=1S/C24H21Cl2N3O3S2/c1-12(2)33-23-20(15-7-10-17(25)18(26)11-15)27-24(34-23)29-21(22(30)31)19(13(3)28-29)14-5-8-16(32-4)9-6-14/h5-12H,1-4H3,(H,30,31). The van der Waals surface area contributed by atoms with Crippen molar-refractivity contribution in [1.29, 1.82) is 0 Å². The van der Waals surface area contributed by atoms with Gasteiger partial charge in [-0.3, -0.25) is 0 Å². The average molecular weight is 534 g/mol. The lowest BCUT2D eigenvalue weighted by Crippen LogP contribution is -2.09. The van der Waals surface area contributed by atoms with Gasteiger partial charge in [-0.05, 0) is 36.8 Å². The first-order chi connectivity index (χ1) is 16.2. The molecule has 6 nitrogen and oxygen atoms in total. The van der Waals surface area contributed by atoms with Gasteiger partial charge < -0.3 is 9.84 Å². The number of hydrogen-bond donors (Lipinski definition) is 1. The Bertz CT molecular complexity index is 1360. The topological polar surface area (TPSA) is 77.2 Å². The molecular weight excluding hydrogens is 513 g/mol. The average Bonchev–Trinajstić information content (AvgIpc) is 3.36. The number of methoxy groups -OCH3 is 1. The van der Waals surface area contributed by atoms with Crippen LogP contribution in [0.2, 0.25) is 10.0 Å². The number of aromatic nitrogens is 3. The summed E-state index contributed by atoms with van der Waals surface area (Å²) in [4.78, 5) is 17.2. The van der Waals surface area contributed by atoms with Crippen molar-refractivity contribution < 1.29 is 14.6 Å². The molecule has 0 atom stereocenters. The van der Waals surface area contributed by atoms with Crippen molar-refractivity contribution >= 4 is 52.3 Å². The van der Waals surface area contributed by atoms with Crippen LogP contribution in [0.15, 0.2) is 46.7 Å². The molecule has 2 aromatic carbocycles. The molecular formula is C24H21Cl2N3O3S2. The number of nitrogens with zero attached hydrogens (tertiary/aromatic N) is 3. The number of carboxylic acid groups (broad SMARTS) is 1. The molecule has 0 bridgehead atoms. The molecule has 10 heteroatoms. The van der Waals surface area contributed by atoms with Crippen LogP contribution in [-0.2, 0) is 0 Å². The van der Waals surface area contributed by atoms with Gasteiger partial charge in [-0.2, -0.15) is 9.78 Å². The lowest BCUT2D eigenvalue weighted by atomic mass is 10.0. The van der Waals surface area contributed by atoms with Gasteiger partial charge in [-0.25, -0.2) is 9.78 Å². The van der Waals surface area contributed by atoms with E-state index in [1.54, 1.807) is 50.1 Å². The predicted molar refractivity (Wildman–Crippen MR) is 139 cm³/mol. The summed E-state index contributed by atoms with van der Waals surface area (Å²) in [7, 11) is 1.58. The van der Waals surface area contributed by atoms with Gasteiger partial charge in [-0.1, -0.05) is 66.6 Å². The lowest BCUT2D eigenvalue weighted by molar-refractivity contribution is 0.0688. The summed E-state index contributed by atoms with van der Waals surface area (Å²) in [5, 5.41) is 16.4. The number of thioether (sulfide) groups is 1. The van der Waals surface area contributed by atoms with Crippen molar-refractivity contribution in [3.05, 3.63) is 63.9 Å². The van der Waals surface area contributed by atoms with E-state index >= 15 is 0 Å². The van der Waals surface area contributed by atoms with Crippen LogP contribution >= 0.6 is 46.3 Å². The van der Waals surface area contributed by atoms with Crippen LogP contribution in [0.3, 0.4) is 0 Å². The molecule has 4 aromatic rings. The molecule has 0 saturated heterocycles. The Morgan fingerprint density at radius 2 is 1.79 bits per heavy atom. The third-order valence-corrected chi connectivity index (χ3v) is 7.93. The fourth-order valence-corrected chi connectivity index (χ4v) is 6.25. The van der Waals surface area contributed by atoms with E-state index in [0.29, 0.717) is 43.1 Å². The number of aromatic carboxylic acids is 1. The van der Waals surface area contributed by atoms with Crippen molar-refractivity contribution in [1.82, 2.24) is 14.8 Å². The Labute approximate surface area is 215 Å². The highest BCUT2D eigenvalue weighted by molar-refractivity contribution is 8.01. The Morgan fingerprint density at radius 3 is 2.38 bits per heavy atom. The van der Waals surface area contributed by atoms with Crippen LogP contribution in [-0.4, -0.2) is 38.2 Å². The molecule has 0 saturated carbocycles.